The maximum Gasteiger partial charge on any atom is 0.216 e. The van der Waals surface area contributed by atoms with Crippen molar-refractivity contribution >= 4 is 21.9 Å². The van der Waals surface area contributed by atoms with Crippen LogP contribution < -0.4 is 4.57 Å². The van der Waals surface area contributed by atoms with E-state index in [1.54, 1.807) is 12.3 Å². The molecule has 0 N–H and O–H groups in total. The highest BCUT2D eigenvalue weighted by Gasteiger charge is 2.21. The SMILES string of the molecule is [2H]C([2H])([2H])c1ccc(-c2c(C)ccc3c2oc2cc(-c4ccc(C5([2H])CCCCC5)cc4)ccc23)[n+](C)c1. The van der Waals surface area contributed by atoms with Crippen LogP contribution in [0.4, 0.5) is 0 Å². The molecule has 1 saturated carbocycles. The first-order valence-electron chi connectivity index (χ1n) is 14.2. The van der Waals surface area contributed by atoms with Crippen LogP contribution in [0.3, 0.4) is 0 Å². The molecule has 2 heterocycles. The Morgan fingerprint density at radius 3 is 2.41 bits per heavy atom. The summed E-state index contributed by atoms with van der Waals surface area (Å²) in [6.07, 6.45) is 7.07. The van der Waals surface area contributed by atoms with Gasteiger partial charge in [-0.1, -0.05) is 61.7 Å². The van der Waals surface area contributed by atoms with E-state index in [2.05, 4.69) is 61.5 Å². The number of rotatable bonds is 3. The number of pyridine rings is 1. The Morgan fingerprint density at radius 1 is 0.882 bits per heavy atom. The number of fused-ring (bicyclic) bond motifs is 3. The molecule has 5 aromatic rings. The van der Waals surface area contributed by atoms with Crippen LogP contribution in [-0.4, -0.2) is 0 Å². The molecule has 0 saturated heterocycles. The molecule has 3 aromatic carbocycles. The molecule has 170 valence electrons. The van der Waals surface area contributed by atoms with Crippen molar-refractivity contribution in [3.63, 3.8) is 0 Å². The highest BCUT2D eigenvalue weighted by atomic mass is 16.3. The van der Waals surface area contributed by atoms with Gasteiger partial charge in [0, 0.05) is 27.9 Å². The fourth-order valence-electron chi connectivity index (χ4n) is 5.47. The highest BCUT2D eigenvalue weighted by Crippen LogP contribution is 2.39. The van der Waals surface area contributed by atoms with Crippen molar-refractivity contribution in [2.45, 2.75) is 51.8 Å². The summed E-state index contributed by atoms with van der Waals surface area (Å²) < 4.78 is 40.6. The van der Waals surface area contributed by atoms with Crippen LogP contribution in [0.1, 0.15) is 60.2 Å². The van der Waals surface area contributed by atoms with Gasteiger partial charge in [-0.2, -0.15) is 0 Å². The second kappa shape index (κ2) is 8.43. The summed E-state index contributed by atoms with van der Waals surface area (Å²) in [6, 6.07) is 22.6. The summed E-state index contributed by atoms with van der Waals surface area (Å²) in [5, 5.41) is 2.09. The third-order valence-corrected chi connectivity index (χ3v) is 7.32. The van der Waals surface area contributed by atoms with Gasteiger partial charge in [0.1, 0.15) is 18.2 Å². The molecule has 6 rings (SSSR count). The predicted molar refractivity (Wildman–Crippen MR) is 141 cm³/mol. The van der Waals surface area contributed by atoms with Crippen molar-refractivity contribution in [2.24, 2.45) is 7.05 Å². The Hall–Kier alpha value is -3.39. The molecule has 1 fully saturated rings. The lowest BCUT2D eigenvalue weighted by Crippen LogP contribution is -2.31. The summed E-state index contributed by atoms with van der Waals surface area (Å²) in [6.45, 7) is -0.0963. The van der Waals surface area contributed by atoms with Crippen LogP contribution in [-0.2, 0) is 7.05 Å². The lowest BCUT2D eigenvalue weighted by atomic mass is 9.84. The molecule has 34 heavy (non-hydrogen) atoms. The van der Waals surface area contributed by atoms with Crippen molar-refractivity contribution in [1.29, 1.82) is 0 Å². The van der Waals surface area contributed by atoms with E-state index in [0.717, 1.165) is 81.1 Å². The van der Waals surface area contributed by atoms with Crippen molar-refractivity contribution in [2.75, 3.05) is 0 Å². The summed E-state index contributed by atoms with van der Waals surface area (Å²) in [4.78, 5) is 0. The fourth-order valence-corrected chi connectivity index (χ4v) is 5.47. The molecule has 0 spiro atoms. The largest absolute Gasteiger partial charge is 0.455 e. The molecule has 2 nitrogen and oxygen atoms in total. The third kappa shape index (κ3) is 3.62. The molecule has 0 unspecified atom stereocenters. The molecule has 0 amide bonds. The maximum atomic E-state index is 8.93. The van der Waals surface area contributed by atoms with Gasteiger partial charge in [-0.05, 0) is 73.0 Å². The smallest absolute Gasteiger partial charge is 0.216 e. The molecule has 0 bridgehead atoms. The van der Waals surface area contributed by atoms with Crippen molar-refractivity contribution in [1.82, 2.24) is 0 Å². The van der Waals surface area contributed by atoms with E-state index in [4.69, 9.17) is 9.90 Å². The number of benzene rings is 3. The van der Waals surface area contributed by atoms with Crippen LogP contribution >= 0.6 is 0 Å². The van der Waals surface area contributed by atoms with Crippen LogP contribution in [0.25, 0.3) is 44.3 Å². The van der Waals surface area contributed by atoms with E-state index in [9.17, 15) is 0 Å². The number of nitrogens with zero attached hydrogens (tertiary/aromatic N) is 1. The number of aryl methyl sites for hydroxylation is 3. The summed E-state index contributed by atoms with van der Waals surface area (Å²) in [5.74, 6) is -0.453. The minimum absolute atomic E-state index is 0.314. The summed E-state index contributed by atoms with van der Waals surface area (Å²) in [5.41, 5.74) is 8.18. The monoisotopic (exact) mass is 450 g/mol. The zero-order valence-corrected chi connectivity index (χ0v) is 19.8. The van der Waals surface area contributed by atoms with Crippen molar-refractivity contribution < 1.29 is 14.5 Å². The Morgan fingerprint density at radius 2 is 1.65 bits per heavy atom. The van der Waals surface area contributed by atoms with Gasteiger partial charge >= 0.3 is 0 Å². The van der Waals surface area contributed by atoms with Crippen LogP contribution in [0.5, 0.6) is 0 Å². The predicted octanol–water partition coefficient (Wildman–Crippen LogP) is 8.41. The summed E-state index contributed by atoms with van der Waals surface area (Å²) >= 11 is 0. The van der Waals surface area contributed by atoms with Crippen LogP contribution in [0.2, 0.25) is 0 Å². The van der Waals surface area contributed by atoms with Crippen LogP contribution in [0.15, 0.2) is 77.3 Å². The number of furan rings is 1. The highest BCUT2D eigenvalue weighted by molar-refractivity contribution is 6.10. The standard InChI is InChI=1S/C32H32NO/c1-21-9-18-29(33(3)20-21)31-22(2)10-16-28-27-17-15-26(19-30(27)34-32(28)31)25-13-11-24(12-14-25)23-7-5-4-6-8-23/h9-20,23H,4-8H2,1-3H3/q+1/i1D3,23D. The van der Waals surface area contributed by atoms with E-state index >= 15 is 0 Å². The molecule has 0 radical (unpaired) electrons. The molecule has 1 aliphatic carbocycles. The first-order valence-corrected chi connectivity index (χ1v) is 12.2. The van der Waals surface area contributed by atoms with Gasteiger partial charge in [-0.25, -0.2) is 4.57 Å². The molecule has 2 aromatic heterocycles. The fraction of sp³-hybridized carbons (Fsp3) is 0.281. The van der Waals surface area contributed by atoms with Crippen molar-refractivity contribution in [3.8, 4) is 22.4 Å². The number of hydrogen-bond donors (Lipinski definition) is 0. The van der Waals surface area contributed by atoms with Gasteiger partial charge in [0.25, 0.3) is 0 Å². The number of hydrogen-bond acceptors (Lipinski definition) is 1. The Balaban J connectivity index is 1.42. The van der Waals surface area contributed by atoms with Gasteiger partial charge in [0.2, 0.25) is 5.69 Å². The normalized spacial score (nSPS) is 17.8. The van der Waals surface area contributed by atoms with Gasteiger partial charge < -0.3 is 4.42 Å². The van der Waals surface area contributed by atoms with E-state index in [0.29, 0.717) is 5.56 Å². The Bertz CT molecular complexity index is 1660. The summed E-state index contributed by atoms with van der Waals surface area (Å²) in [7, 11) is 1.88. The Labute approximate surface area is 207 Å². The Kier molecular flexibility index (Phi) is 4.24. The topological polar surface area (TPSA) is 17.0 Å². The average molecular weight is 451 g/mol. The van der Waals surface area contributed by atoms with Crippen molar-refractivity contribution in [3.05, 3.63) is 89.6 Å². The zero-order valence-electron chi connectivity index (χ0n) is 23.8. The second-order valence-electron chi connectivity index (χ2n) is 9.60. The van der Waals surface area contributed by atoms with Crippen LogP contribution in [0, 0.1) is 13.8 Å². The van der Waals surface area contributed by atoms with Gasteiger partial charge in [0.05, 0.1) is 5.56 Å². The first kappa shape index (κ1) is 17.1. The molecule has 0 atom stereocenters. The quantitative estimate of drug-likeness (QED) is 0.252. The van der Waals surface area contributed by atoms with E-state index in [1.165, 1.54) is 6.42 Å². The first-order chi connectivity index (χ1) is 18.1. The maximum absolute atomic E-state index is 8.93. The molecule has 2 heteroatoms. The lowest BCUT2D eigenvalue weighted by Gasteiger charge is -2.22. The molecular formula is C32H32NO+. The van der Waals surface area contributed by atoms with Gasteiger partial charge in [-0.3, -0.25) is 0 Å². The zero-order chi connectivity index (χ0) is 26.7. The van der Waals surface area contributed by atoms with Gasteiger partial charge in [0.15, 0.2) is 6.20 Å². The molecular weight excluding hydrogens is 414 g/mol. The van der Waals surface area contributed by atoms with Gasteiger partial charge in [-0.15, -0.1) is 0 Å². The van der Waals surface area contributed by atoms with E-state index in [-0.39, 0.29) is 0 Å². The average Bonchev–Trinajstić information content (AvgIpc) is 3.27. The minimum Gasteiger partial charge on any atom is -0.455 e. The molecule has 0 aliphatic heterocycles. The minimum atomic E-state index is -2.15. The second-order valence-corrected chi connectivity index (χ2v) is 9.60. The number of aromatic nitrogens is 1. The molecule has 1 aliphatic rings. The van der Waals surface area contributed by atoms with E-state index in [1.807, 2.05) is 17.7 Å². The van der Waals surface area contributed by atoms with E-state index < -0.39 is 12.7 Å². The third-order valence-electron chi connectivity index (χ3n) is 7.32. The lowest BCUT2D eigenvalue weighted by molar-refractivity contribution is -0.660.